The van der Waals surface area contributed by atoms with Gasteiger partial charge in [-0.2, -0.15) is 18.2 Å². The van der Waals surface area contributed by atoms with Crippen molar-refractivity contribution in [1.29, 1.82) is 0 Å². The van der Waals surface area contributed by atoms with E-state index in [1.807, 2.05) is 0 Å². The van der Waals surface area contributed by atoms with Crippen LogP contribution in [0.2, 0.25) is 0 Å². The number of aromatic nitrogens is 2. The summed E-state index contributed by atoms with van der Waals surface area (Å²) in [6.07, 6.45) is -0.599. The molecule has 0 unspecified atom stereocenters. The molecule has 3 aromatic rings. The first-order valence-corrected chi connectivity index (χ1v) is 10.6. The number of ether oxygens (including phenoxy) is 1. The largest absolute Gasteiger partial charge is 0.494 e. The van der Waals surface area contributed by atoms with Crippen LogP contribution < -0.4 is 15.4 Å². The lowest BCUT2D eigenvalue weighted by Gasteiger charge is -2.15. The molecule has 0 aliphatic heterocycles. The molecule has 0 aliphatic carbocycles. The van der Waals surface area contributed by atoms with Gasteiger partial charge in [0.15, 0.2) is 0 Å². The van der Waals surface area contributed by atoms with Gasteiger partial charge < -0.3 is 15.4 Å². The van der Waals surface area contributed by atoms with E-state index >= 15 is 0 Å². The van der Waals surface area contributed by atoms with Crippen LogP contribution in [0, 0.1) is 0 Å². The average Bonchev–Trinajstić information content (AvgIpc) is 2.73. The summed E-state index contributed by atoms with van der Waals surface area (Å²) in [4.78, 5) is 7.88. The van der Waals surface area contributed by atoms with Crippen molar-refractivity contribution < 1.29 is 17.9 Å². The molecule has 0 amide bonds. The fourth-order valence-corrected chi connectivity index (χ4v) is 2.98. The van der Waals surface area contributed by atoms with Gasteiger partial charge in [0.05, 0.1) is 6.61 Å². The second-order valence-corrected chi connectivity index (χ2v) is 7.71. The highest BCUT2D eigenvalue weighted by Crippen LogP contribution is 2.35. The number of nitrogens with one attached hydrogen (secondary N) is 2. The number of halogens is 4. The van der Waals surface area contributed by atoms with Crippen molar-refractivity contribution in [3.63, 3.8) is 0 Å². The Labute approximate surface area is 187 Å². The van der Waals surface area contributed by atoms with E-state index in [0.29, 0.717) is 18.0 Å². The van der Waals surface area contributed by atoms with Crippen molar-refractivity contribution in [3.05, 3.63) is 64.8 Å². The standard InChI is InChI=1S/C22H22BrF3N4O/c1-2-3-4-13-31-18-11-9-17(10-12-18)29-21-27-14-19(22(24,25)26)20(30-21)28-16-7-5-15(23)6-8-16/h5-12,14H,2-4,13H2,1H3,(H2,27,28,29,30). The van der Waals surface area contributed by atoms with Crippen molar-refractivity contribution >= 4 is 39.1 Å². The summed E-state index contributed by atoms with van der Waals surface area (Å²) >= 11 is 3.30. The van der Waals surface area contributed by atoms with Crippen molar-refractivity contribution in [3.8, 4) is 5.75 Å². The van der Waals surface area contributed by atoms with Crippen LogP contribution in [0.3, 0.4) is 0 Å². The van der Waals surface area contributed by atoms with E-state index in [4.69, 9.17) is 4.74 Å². The van der Waals surface area contributed by atoms with Gasteiger partial charge in [-0.3, -0.25) is 0 Å². The summed E-state index contributed by atoms with van der Waals surface area (Å²) < 4.78 is 46.7. The number of unbranched alkanes of at least 4 members (excludes halogenated alkanes) is 2. The first-order valence-electron chi connectivity index (χ1n) is 9.82. The summed E-state index contributed by atoms with van der Waals surface area (Å²) in [6, 6.07) is 13.9. The van der Waals surface area contributed by atoms with E-state index in [9.17, 15) is 13.2 Å². The van der Waals surface area contributed by atoms with E-state index in [1.165, 1.54) is 0 Å². The molecule has 0 spiro atoms. The van der Waals surface area contributed by atoms with Gasteiger partial charge in [0.1, 0.15) is 17.1 Å². The maximum absolute atomic E-state index is 13.4. The molecule has 0 saturated heterocycles. The summed E-state index contributed by atoms with van der Waals surface area (Å²) in [7, 11) is 0. The van der Waals surface area contributed by atoms with Crippen molar-refractivity contribution in [1.82, 2.24) is 9.97 Å². The molecule has 9 heteroatoms. The predicted octanol–water partition coefficient (Wildman–Crippen LogP) is 7.31. The number of rotatable bonds is 9. The Balaban J connectivity index is 1.74. The van der Waals surface area contributed by atoms with Crippen LogP contribution in [0.5, 0.6) is 5.75 Å². The first-order chi connectivity index (χ1) is 14.8. The zero-order chi connectivity index (χ0) is 22.3. The fourth-order valence-electron chi connectivity index (χ4n) is 2.72. The van der Waals surface area contributed by atoms with Crippen LogP contribution in [0.25, 0.3) is 0 Å². The maximum Gasteiger partial charge on any atom is 0.421 e. The van der Waals surface area contributed by atoms with Gasteiger partial charge in [0.2, 0.25) is 5.95 Å². The second-order valence-electron chi connectivity index (χ2n) is 6.79. The number of nitrogens with zero attached hydrogens (tertiary/aromatic N) is 2. The molecule has 2 aromatic carbocycles. The van der Waals surface area contributed by atoms with Gasteiger partial charge in [-0.1, -0.05) is 35.7 Å². The third-order valence-electron chi connectivity index (χ3n) is 4.33. The van der Waals surface area contributed by atoms with Gasteiger partial charge in [-0.25, -0.2) is 4.98 Å². The Morgan fingerprint density at radius 2 is 1.58 bits per heavy atom. The minimum Gasteiger partial charge on any atom is -0.494 e. The molecule has 5 nitrogen and oxygen atoms in total. The van der Waals surface area contributed by atoms with Gasteiger partial charge in [-0.05, 0) is 55.0 Å². The minimum atomic E-state index is -4.59. The topological polar surface area (TPSA) is 59.1 Å². The molecule has 1 heterocycles. The molecule has 0 bridgehead atoms. The van der Waals surface area contributed by atoms with Crippen LogP contribution in [-0.2, 0) is 6.18 Å². The molecule has 0 saturated carbocycles. The van der Waals surface area contributed by atoms with E-state index in [1.54, 1.807) is 48.5 Å². The predicted molar refractivity (Wildman–Crippen MR) is 119 cm³/mol. The van der Waals surface area contributed by atoms with E-state index in [-0.39, 0.29) is 11.8 Å². The lowest BCUT2D eigenvalue weighted by Crippen LogP contribution is -2.12. The van der Waals surface area contributed by atoms with Gasteiger partial charge >= 0.3 is 6.18 Å². The molecule has 0 radical (unpaired) electrons. The molecular weight excluding hydrogens is 473 g/mol. The molecule has 1 aromatic heterocycles. The van der Waals surface area contributed by atoms with Crippen molar-refractivity contribution in [2.45, 2.75) is 32.4 Å². The number of anilines is 4. The Kier molecular flexibility index (Phi) is 7.73. The summed E-state index contributed by atoms with van der Waals surface area (Å²) in [5.41, 5.74) is 0.162. The number of hydrogen-bond donors (Lipinski definition) is 2. The van der Waals surface area contributed by atoms with E-state index < -0.39 is 11.7 Å². The van der Waals surface area contributed by atoms with Gasteiger partial charge in [0, 0.05) is 22.0 Å². The summed E-state index contributed by atoms with van der Waals surface area (Å²) in [5, 5.41) is 5.65. The molecule has 3 rings (SSSR count). The van der Waals surface area contributed by atoms with Crippen molar-refractivity contribution in [2.75, 3.05) is 17.2 Å². The fraction of sp³-hybridized carbons (Fsp3) is 0.273. The molecule has 0 fully saturated rings. The second kappa shape index (κ2) is 10.5. The summed E-state index contributed by atoms with van der Waals surface area (Å²) in [6.45, 7) is 2.78. The SMILES string of the molecule is CCCCCOc1ccc(Nc2ncc(C(F)(F)F)c(Nc3ccc(Br)cc3)n2)cc1. The number of hydrogen-bond acceptors (Lipinski definition) is 5. The Morgan fingerprint density at radius 1 is 0.935 bits per heavy atom. The minimum absolute atomic E-state index is 0.0456. The van der Waals surface area contributed by atoms with Crippen LogP contribution in [0.4, 0.5) is 36.3 Å². The highest BCUT2D eigenvalue weighted by Gasteiger charge is 2.35. The lowest BCUT2D eigenvalue weighted by atomic mass is 10.2. The number of alkyl halides is 3. The quantitative estimate of drug-likeness (QED) is 0.305. The average molecular weight is 495 g/mol. The van der Waals surface area contributed by atoms with Gasteiger partial charge in [-0.15, -0.1) is 0 Å². The zero-order valence-electron chi connectivity index (χ0n) is 16.8. The van der Waals surface area contributed by atoms with E-state index in [2.05, 4.69) is 43.5 Å². The molecule has 31 heavy (non-hydrogen) atoms. The molecule has 2 N–H and O–H groups in total. The van der Waals surface area contributed by atoms with Crippen LogP contribution in [0.15, 0.2) is 59.2 Å². The third-order valence-corrected chi connectivity index (χ3v) is 4.86. The summed E-state index contributed by atoms with van der Waals surface area (Å²) in [5.74, 6) is 0.444. The zero-order valence-corrected chi connectivity index (χ0v) is 18.4. The molecule has 0 atom stereocenters. The molecular formula is C22H22BrF3N4O. The highest BCUT2D eigenvalue weighted by atomic mass is 79.9. The lowest BCUT2D eigenvalue weighted by molar-refractivity contribution is -0.137. The maximum atomic E-state index is 13.4. The van der Waals surface area contributed by atoms with Crippen LogP contribution >= 0.6 is 15.9 Å². The highest BCUT2D eigenvalue weighted by molar-refractivity contribution is 9.10. The van der Waals surface area contributed by atoms with Crippen LogP contribution in [-0.4, -0.2) is 16.6 Å². The third kappa shape index (κ3) is 6.85. The van der Waals surface area contributed by atoms with Crippen molar-refractivity contribution in [2.24, 2.45) is 0 Å². The van der Waals surface area contributed by atoms with E-state index in [0.717, 1.165) is 35.7 Å². The van der Waals surface area contributed by atoms with Gasteiger partial charge in [0.25, 0.3) is 0 Å². The molecule has 0 aliphatic rings. The normalized spacial score (nSPS) is 11.3. The number of benzene rings is 2. The monoisotopic (exact) mass is 494 g/mol. The Hall–Kier alpha value is -2.81. The smallest absolute Gasteiger partial charge is 0.421 e. The Morgan fingerprint density at radius 3 is 2.23 bits per heavy atom. The molecule has 164 valence electrons. The first kappa shape index (κ1) is 22.9. The van der Waals surface area contributed by atoms with Crippen LogP contribution in [0.1, 0.15) is 31.7 Å². The Bertz CT molecular complexity index is 980.